The van der Waals surface area contributed by atoms with E-state index in [9.17, 15) is 0 Å². The first-order valence-electron chi connectivity index (χ1n) is 4.37. The van der Waals surface area contributed by atoms with Gasteiger partial charge in [-0.1, -0.05) is 5.16 Å². The summed E-state index contributed by atoms with van der Waals surface area (Å²) in [7, 11) is 0. The first-order valence-corrected chi connectivity index (χ1v) is 5.16. The Hall–Kier alpha value is -1.27. The molecule has 2 heterocycles. The van der Waals surface area contributed by atoms with E-state index in [0.29, 0.717) is 11.7 Å². The van der Waals surface area contributed by atoms with Crippen molar-refractivity contribution in [2.24, 2.45) is 5.73 Å². The van der Waals surface area contributed by atoms with Crippen molar-refractivity contribution in [3.8, 4) is 11.5 Å². The molecule has 0 spiro atoms. The molecule has 0 bridgehead atoms. The molecule has 0 aromatic carbocycles. The zero-order valence-electron chi connectivity index (χ0n) is 8.01. The number of hydrogen-bond donors (Lipinski definition) is 1. The van der Waals surface area contributed by atoms with Crippen molar-refractivity contribution in [3.05, 3.63) is 28.8 Å². The topological polar surface area (TPSA) is 77.8 Å². The van der Waals surface area contributed by atoms with Gasteiger partial charge in [0.1, 0.15) is 0 Å². The standard InChI is InChI=1S/C9H9BrN4O/c1-5(11)8-13-9(15-14-8)6-2-7(10)4-12-3-6/h2-5H,11H2,1H3. The molecule has 2 rings (SSSR count). The Bertz CT molecular complexity index is 469. The second-order valence-corrected chi connectivity index (χ2v) is 4.05. The summed E-state index contributed by atoms with van der Waals surface area (Å²) < 4.78 is 5.93. The van der Waals surface area contributed by atoms with Crippen LogP contribution in [0.5, 0.6) is 0 Å². The Kier molecular flexibility index (Phi) is 2.79. The zero-order chi connectivity index (χ0) is 10.8. The van der Waals surface area contributed by atoms with Crippen LogP contribution in [0.25, 0.3) is 11.5 Å². The van der Waals surface area contributed by atoms with Gasteiger partial charge in [0.2, 0.25) is 0 Å². The van der Waals surface area contributed by atoms with E-state index in [1.807, 2.05) is 6.07 Å². The van der Waals surface area contributed by atoms with Crippen LogP contribution in [0, 0.1) is 0 Å². The summed E-state index contributed by atoms with van der Waals surface area (Å²) in [5.74, 6) is 0.918. The molecule has 2 aromatic heterocycles. The number of nitrogens with zero attached hydrogens (tertiary/aromatic N) is 3. The van der Waals surface area contributed by atoms with Gasteiger partial charge < -0.3 is 10.3 Å². The van der Waals surface area contributed by atoms with Crippen LogP contribution in [0.2, 0.25) is 0 Å². The van der Waals surface area contributed by atoms with E-state index >= 15 is 0 Å². The summed E-state index contributed by atoms with van der Waals surface area (Å²) in [6.45, 7) is 1.80. The number of pyridine rings is 1. The smallest absolute Gasteiger partial charge is 0.259 e. The predicted molar refractivity (Wildman–Crippen MR) is 57.8 cm³/mol. The van der Waals surface area contributed by atoms with E-state index in [2.05, 4.69) is 31.1 Å². The summed E-state index contributed by atoms with van der Waals surface area (Å²) in [6, 6.07) is 1.62. The fraction of sp³-hybridized carbons (Fsp3) is 0.222. The second-order valence-electron chi connectivity index (χ2n) is 3.14. The van der Waals surface area contributed by atoms with Crippen molar-refractivity contribution in [2.45, 2.75) is 13.0 Å². The second kappa shape index (κ2) is 4.08. The molecule has 0 radical (unpaired) electrons. The Morgan fingerprint density at radius 3 is 2.87 bits per heavy atom. The van der Waals surface area contributed by atoms with Gasteiger partial charge in [0, 0.05) is 16.9 Å². The number of aromatic nitrogens is 3. The van der Waals surface area contributed by atoms with Gasteiger partial charge in [0.25, 0.3) is 5.89 Å². The molecular weight excluding hydrogens is 260 g/mol. The van der Waals surface area contributed by atoms with Crippen LogP contribution in [-0.2, 0) is 0 Å². The molecule has 1 atom stereocenters. The van der Waals surface area contributed by atoms with E-state index < -0.39 is 0 Å². The third kappa shape index (κ3) is 2.21. The van der Waals surface area contributed by atoms with Crippen LogP contribution in [0.1, 0.15) is 18.8 Å². The molecule has 2 N–H and O–H groups in total. The van der Waals surface area contributed by atoms with Crippen LogP contribution in [0.15, 0.2) is 27.5 Å². The van der Waals surface area contributed by atoms with Gasteiger partial charge in [-0.25, -0.2) is 0 Å². The van der Waals surface area contributed by atoms with Crippen molar-refractivity contribution in [3.63, 3.8) is 0 Å². The van der Waals surface area contributed by atoms with Crippen molar-refractivity contribution in [1.82, 2.24) is 15.1 Å². The molecule has 78 valence electrons. The Morgan fingerprint density at radius 1 is 1.47 bits per heavy atom. The van der Waals surface area contributed by atoms with Gasteiger partial charge in [0.15, 0.2) is 5.82 Å². The fourth-order valence-corrected chi connectivity index (χ4v) is 1.43. The highest BCUT2D eigenvalue weighted by Crippen LogP contribution is 2.20. The Morgan fingerprint density at radius 2 is 2.27 bits per heavy atom. The molecule has 0 fully saturated rings. The lowest BCUT2D eigenvalue weighted by molar-refractivity contribution is 0.418. The highest BCUT2D eigenvalue weighted by molar-refractivity contribution is 9.10. The molecule has 0 amide bonds. The molecule has 2 aromatic rings. The van der Waals surface area contributed by atoms with Crippen molar-refractivity contribution < 1.29 is 4.52 Å². The van der Waals surface area contributed by atoms with Crippen LogP contribution < -0.4 is 5.73 Å². The van der Waals surface area contributed by atoms with E-state index in [1.54, 1.807) is 19.3 Å². The fourth-order valence-electron chi connectivity index (χ4n) is 1.07. The minimum Gasteiger partial charge on any atom is -0.334 e. The number of hydrogen-bond acceptors (Lipinski definition) is 5. The monoisotopic (exact) mass is 268 g/mol. The van der Waals surface area contributed by atoms with E-state index in [-0.39, 0.29) is 6.04 Å². The van der Waals surface area contributed by atoms with Crippen LogP contribution in [-0.4, -0.2) is 15.1 Å². The first kappa shape index (κ1) is 10.3. The lowest BCUT2D eigenvalue weighted by atomic mass is 10.3. The minimum atomic E-state index is -0.234. The van der Waals surface area contributed by atoms with Crippen molar-refractivity contribution in [1.29, 1.82) is 0 Å². The molecule has 0 saturated heterocycles. The highest BCUT2D eigenvalue weighted by Gasteiger charge is 2.11. The minimum absolute atomic E-state index is 0.234. The number of halogens is 1. The molecule has 0 aliphatic rings. The molecule has 0 aliphatic carbocycles. The highest BCUT2D eigenvalue weighted by atomic mass is 79.9. The van der Waals surface area contributed by atoms with E-state index in [4.69, 9.17) is 10.3 Å². The molecule has 5 nitrogen and oxygen atoms in total. The Labute approximate surface area is 94.8 Å². The maximum atomic E-state index is 5.63. The van der Waals surface area contributed by atoms with E-state index in [0.717, 1.165) is 10.0 Å². The molecule has 6 heteroatoms. The summed E-state index contributed by atoms with van der Waals surface area (Å²) in [4.78, 5) is 8.17. The molecule has 1 unspecified atom stereocenters. The van der Waals surface area contributed by atoms with Gasteiger partial charge in [-0.05, 0) is 28.9 Å². The normalized spacial score (nSPS) is 12.7. The van der Waals surface area contributed by atoms with Gasteiger partial charge in [0.05, 0.1) is 11.6 Å². The summed E-state index contributed by atoms with van der Waals surface area (Å²) in [5.41, 5.74) is 6.39. The third-order valence-electron chi connectivity index (χ3n) is 1.80. The summed E-state index contributed by atoms with van der Waals surface area (Å²) >= 11 is 3.32. The third-order valence-corrected chi connectivity index (χ3v) is 2.23. The van der Waals surface area contributed by atoms with Gasteiger partial charge >= 0.3 is 0 Å². The molecule has 0 aliphatic heterocycles. The maximum absolute atomic E-state index is 5.63. The molecule has 15 heavy (non-hydrogen) atoms. The van der Waals surface area contributed by atoms with Crippen LogP contribution in [0.4, 0.5) is 0 Å². The zero-order valence-corrected chi connectivity index (χ0v) is 9.60. The van der Waals surface area contributed by atoms with Crippen molar-refractivity contribution >= 4 is 15.9 Å². The first-order chi connectivity index (χ1) is 7.16. The van der Waals surface area contributed by atoms with Gasteiger partial charge in [-0.3, -0.25) is 4.98 Å². The number of rotatable bonds is 2. The Balaban J connectivity index is 2.37. The average molecular weight is 269 g/mol. The van der Waals surface area contributed by atoms with E-state index in [1.165, 1.54) is 0 Å². The quantitative estimate of drug-likeness (QED) is 0.901. The van der Waals surface area contributed by atoms with Gasteiger partial charge in [-0.15, -0.1) is 0 Å². The number of nitrogens with two attached hydrogens (primary N) is 1. The van der Waals surface area contributed by atoms with Crippen molar-refractivity contribution in [2.75, 3.05) is 0 Å². The lowest BCUT2D eigenvalue weighted by Gasteiger charge is -1.94. The van der Waals surface area contributed by atoms with Gasteiger partial charge in [-0.2, -0.15) is 4.98 Å². The SMILES string of the molecule is CC(N)c1noc(-c2cncc(Br)c2)n1. The average Bonchev–Trinajstić information content (AvgIpc) is 2.66. The van der Waals surface area contributed by atoms with Crippen LogP contribution >= 0.6 is 15.9 Å². The predicted octanol–water partition coefficient (Wildman–Crippen LogP) is 1.91. The summed E-state index contributed by atoms with van der Waals surface area (Å²) in [5, 5.41) is 3.77. The largest absolute Gasteiger partial charge is 0.334 e. The lowest BCUT2D eigenvalue weighted by Crippen LogP contribution is -2.06. The molecule has 0 saturated carbocycles. The maximum Gasteiger partial charge on any atom is 0.259 e. The summed E-state index contributed by atoms with van der Waals surface area (Å²) in [6.07, 6.45) is 3.34. The van der Waals surface area contributed by atoms with Crippen LogP contribution in [0.3, 0.4) is 0 Å². The molecular formula is C9H9BrN4O.